The Hall–Kier alpha value is -2.00. The minimum Gasteiger partial charge on any atom is -0.399 e. The number of carbonyl (C=O) groups is 1. The van der Waals surface area contributed by atoms with Crippen LogP contribution >= 0.6 is 11.6 Å². The Bertz CT molecular complexity index is 655. The van der Waals surface area contributed by atoms with Gasteiger partial charge in [-0.1, -0.05) is 23.7 Å². The third-order valence-corrected chi connectivity index (χ3v) is 3.68. The van der Waals surface area contributed by atoms with Crippen molar-refractivity contribution in [1.82, 2.24) is 4.90 Å². The molecule has 0 bridgehead atoms. The molecule has 0 saturated carbocycles. The van der Waals surface area contributed by atoms with Gasteiger partial charge in [0.1, 0.15) is 0 Å². The fourth-order valence-corrected chi connectivity index (χ4v) is 2.39. The van der Waals surface area contributed by atoms with Gasteiger partial charge in [-0.15, -0.1) is 0 Å². The predicted octanol–water partition coefficient (Wildman–Crippen LogP) is 3.89. The van der Waals surface area contributed by atoms with Crippen molar-refractivity contribution in [2.45, 2.75) is 20.4 Å². The SMILES string of the molecule is CCN(Cc1cccc(Cl)c1)C(=O)c1ccc(N)c(C)c1. The normalized spacial score (nSPS) is 10.4. The van der Waals surface area contributed by atoms with Crippen LogP contribution in [-0.4, -0.2) is 17.4 Å². The molecule has 2 N–H and O–H groups in total. The number of nitrogen functional groups attached to an aromatic ring is 1. The Morgan fingerprint density at radius 1 is 1.24 bits per heavy atom. The van der Waals surface area contributed by atoms with Crippen LogP contribution < -0.4 is 5.73 Å². The molecule has 3 nitrogen and oxygen atoms in total. The molecule has 1 amide bonds. The van der Waals surface area contributed by atoms with Crippen LogP contribution in [0.1, 0.15) is 28.4 Å². The second-order valence-electron chi connectivity index (χ2n) is 5.02. The van der Waals surface area contributed by atoms with Crippen LogP contribution in [0.25, 0.3) is 0 Å². The quantitative estimate of drug-likeness (QED) is 0.871. The molecular formula is C17H19ClN2O. The molecule has 0 aliphatic carbocycles. The molecule has 0 aliphatic rings. The maximum atomic E-state index is 12.6. The molecule has 110 valence electrons. The van der Waals surface area contributed by atoms with Gasteiger partial charge in [0.05, 0.1) is 0 Å². The second kappa shape index (κ2) is 6.64. The third-order valence-electron chi connectivity index (χ3n) is 3.45. The van der Waals surface area contributed by atoms with Crippen molar-refractivity contribution in [3.8, 4) is 0 Å². The molecule has 21 heavy (non-hydrogen) atoms. The van der Waals surface area contributed by atoms with Crippen LogP contribution in [0, 0.1) is 6.92 Å². The average molecular weight is 303 g/mol. The summed E-state index contributed by atoms with van der Waals surface area (Å²) >= 11 is 5.99. The summed E-state index contributed by atoms with van der Waals surface area (Å²) in [5, 5.41) is 0.680. The van der Waals surface area contributed by atoms with Gasteiger partial charge in [0.15, 0.2) is 0 Å². The Morgan fingerprint density at radius 3 is 2.62 bits per heavy atom. The maximum Gasteiger partial charge on any atom is 0.254 e. The molecule has 0 aliphatic heterocycles. The van der Waals surface area contributed by atoms with Crippen molar-refractivity contribution in [2.24, 2.45) is 0 Å². The van der Waals surface area contributed by atoms with Crippen LogP contribution in [0.3, 0.4) is 0 Å². The van der Waals surface area contributed by atoms with E-state index in [2.05, 4.69) is 0 Å². The van der Waals surface area contributed by atoms with E-state index in [0.29, 0.717) is 29.4 Å². The van der Waals surface area contributed by atoms with Crippen LogP contribution in [0.2, 0.25) is 5.02 Å². The Kier molecular flexibility index (Phi) is 4.86. The number of anilines is 1. The number of benzene rings is 2. The van der Waals surface area contributed by atoms with Crippen molar-refractivity contribution < 1.29 is 4.79 Å². The van der Waals surface area contributed by atoms with E-state index in [-0.39, 0.29) is 5.91 Å². The molecule has 2 rings (SSSR count). The van der Waals surface area contributed by atoms with E-state index >= 15 is 0 Å². The van der Waals surface area contributed by atoms with Crippen LogP contribution in [-0.2, 0) is 6.54 Å². The Balaban J connectivity index is 2.20. The van der Waals surface area contributed by atoms with Crippen molar-refractivity contribution in [3.05, 3.63) is 64.2 Å². The lowest BCUT2D eigenvalue weighted by molar-refractivity contribution is 0.0752. The summed E-state index contributed by atoms with van der Waals surface area (Å²) in [7, 11) is 0. The largest absolute Gasteiger partial charge is 0.399 e. The molecule has 0 spiro atoms. The molecule has 2 aromatic rings. The number of carbonyl (C=O) groups excluding carboxylic acids is 1. The van der Waals surface area contributed by atoms with E-state index in [1.807, 2.05) is 44.2 Å². The lowest BCUT2D eigenvalue weighted by Crippen LogP contribution is -2.30. The van der Waals surface area contributed by atoms with Crippen LogP contribution in [0.5, 0.6) is 0 Å². The van der Waals surface area contributed by atoms with Crippen molar-refractivity contribution >= 4 is 23.2 Å². The van der Waals surface area contributed by atoms with E-state index in [1.165, 1.54) is 0 Å². The minimum absolute atomic E-state index is 0.000533. The monoisotopic (exact) mass is 302 g/mol. The van der Waals surface area contributed by atoms with Crippen molar-refractivity contribution in [1.29, 1.82) is 0 Å². The van der Waals surface area contributed by atoms with Crippen LogP contribution in [0.4, 0.5) is 5.69 Å². The molecule has 0 aromatic heterocycles. The first-order valence-corrected chi connectivity index (χ1v) is 7.29. The molecule has 0 saturated heterocycles. The maximum absolute atomic E-state index is 12.6. The number of hydrogen-bond donors (Lipinski definition) is 1. The van der Waals surface area contributed by atoms with Crippen LogP contribution in [0.15, 0.2) is 42.5 Å². The zero-order valence-corrected chi connectivity index (χ0v) is 13.0. The van der Waals surface area contributed by atoms with Gasteiger partial charge in [0.2, 0.25) is 0 Å². The molecule has 0 unspecified atom stereocenters. The lowest BCUT2D eigenvalue weighted by atomic mass is 10.1. The predicted molar refractivity (Wildman–Crippen MR) is 87.5 cm³/mol. The fraction of sp³-hybridized carbons (Fsp3) is 0.235. The van der Waals surface area contributed by atoms with E-state index in [4.69, 9.17) is 17.3 Å². The third kappa shape index (κ3) is 3.76. The number of aryl methyl sites for hydroxylation is 1. The average Bonchev–Trinajstić information content (AvgIpc) is 2.47. The highest BCUT2D eigenvalue weighted by atomic mass is 35.5. The van der Waals surface area contributed by atoms with Gasteiger partial charge in [-0.3, -0.25) is 4.79 Å². The smallest absolute Gasteiger partial charge is 0.254 e. The van der Waals surface area contributed by atoms with Gasteiger partial charge < -0.3 is 10.6 Å². The van der Waals surface area contributed by atoms with Gasteiger partial charge in [-0.2, -0.15) is 0 Å². The zero-order chi connectivity index (χ0) is 15.4. The summed E-state index contributed by atoms with van der Waals surface area (Å²) in [4.78, 5) is 14.4. The van der Waals surface area contributed by atoms with E-state index < -0.39 is 0 Å². The summed E-state index contributed by atoms with van der Waals surface area (Å²) in [5.74, 6) is 0.000533. The fourth-order valence-electron chi connectivity index (χ4n) is 2.17. The van der Waals surface area contributed by atoms with Crippen molar-refractivity contribution in [2.75, 3.05) is 12.3 Å². The first-order chi connectivity index (χ1) is 10.0. The standard InChI is InChI=1S/C17H19ClN2O/c1-3-20(11-13-5-4-6-15(18)10-13)17(21)14-7-8-16(19)12(2)9-14/h4-10H,3,11,19H2,1-2H3. The summed E-state index contributed by atoms with van der Waals surface area (Å²) in [6.45, 7) is 5.04. The number of nitrogens with zero attached hydrogens (tertiary/aromatic N) is 1. The zero-order valence-electron chi connectivity index (χ0n) is 12.3. The topological polar surface area (TPSA) is 46.3 Å². The number of nitrogens with two attached hydrogens (primary N) is 1. The highest BCUT2D eigenvalue weighted by molar-refractivity contribution is 6.30. The first kappa shape index (κ1) is 15.4. The molecule has 0 atom stereocenters. The number of halogens is 1. The molecule has 0 fully saturated rings. The Morgan fingerprint density at radius 2 is 2.00 bits per heavy atom. The summed E-state index contributed by atoms with van der Waals surface area (Å²) < 4.78 is 0. The molecule has 0 heterocycles. The first-order valence-electron chi connectivity index (χ1n) is 6.91. The van der Waals surface area contributed by atoms with Crippen molar-refractivity contribution in [3.63, 3.8) is 0 Å². The number of amides is 1. The van der Waals surface area contributed by atoms with Gasteiger partial charge in [0, 0.05) is 29.4 Å². The van der Waals surface area contributed by atoms with E-state index in [1.54, 1.807) is 17.0 Å². The highest BCUT2D eigenvalue weighted by Crippen LogP contribution is 2.17. The summed E-state index contributed by atoms with van der Waals surface area (Å²) in [6, 6.07) is 12.9. The van der Waals surface area contributed by atoms with E-state index in [0.717, 1.165) is 11.1 Å². The molecular weight excluding hydrogens is 284 g/mol. The molecule has 4 heteroatoms. The summed E-state index contributed by atoms with van der Waals surface area (Å²) in [5.41, 5.74) is 9.09. The molecule has 0 radical (unpaired) electrons. The van der Waals surface area contributed by atoms with Gasteiger partial charge in [0.25, 0.3) is 5.91 Å². The van der Waals surface area contributed by atoms with Gasteiger partial charge in [-0.25, -0.2) is 0 Å². The highest BCUT2D eigenvalue weighted by Gasteiger charge is 2.15. The minimum atomic E-state index is 0.000533. The second-order valence-corrected chi connectivity index (χ2v) is 5.46. The lowest BCUT2D eigenvalue weighted by Gasteiger charge is -2.21. The number of rotatable bonds is 4. The summed E-state index contributed by atoms with van der Waals surface area (Å²) in [6.07, 6.45) is 0. The number of hydrogen-bond acceptors (Lipinski definition) is 2. The Labute approximate surface area is 130 Å². The van der Waals surface area contributed by atoms with Gasteiger partial charge >= 0.3 is 0 Å². The van der Waals surface area contributed by atoms with E-state index in [9.17, 15) is 4.79 Å². The van der Waals surface area contributed by atoms with Gasteiger partial charge in [-0.05, 0) is 55.3 Å². The molecule has 2 aromatic carbocycles.